The first-order chi connectivity index (χ1) is 9.65. The fraction of sp³-hybridized carbons (Fsp3) is 0.400. The summed E-state index contributed by atoms with van der Waals surface area (Å²) in [5.41, 5.74) is 0.811. The summed E-state index contributed by atoms with van der Waals surface area (Å²) in [6.07, 6.45) is 8.81. The molecule has 1 aromatic carbocycles. The van der Waals surface area contributed by atoms with Crippen LogP contribution in [0, 0.1) is 10.1 Å². The minimum absolute atomic E-state index is 0.110. The lowest BCUT2D eigenvalue weighted by Gasteiger charge is -2.23. The number of nitro benzene ring substituents is 1. The van der Waals surface area contributed by atoms with E-state index in [0.717, 1.165) is 24.8 Å². The van der Waals surface area contributed by atoms with Crippen LogP contribution in [0.4, 0.5) is 5.69 Å². The van der Waals surface area contributed by atoms with Gasteiger partial charge in [0.1, 0.15) is 0 Å². The number of aliphatic imine (C=N–C) groups is 1. The first-order valence-corrected chi connectivity index (χ1v) is 6.72. The highest BCUT2D eigenvalue weighted by Crippen LogP contribution is 2.28. The average Bonchev–Trinajstić information content (AvgIpc) is 2.88. The Bertz CT molecular complexity index is 526. The van der Waals surface area contributed by atoms with Gasteiger partial charge in [0.2, 0.25) is 0 Å². The van der Waals surface area contributed by atoms with Crippen molar-refractivity contribution in [3.05, 3.63) is 52.1 Å². The minimum Gasteiger partial charge on any atom is -0.396 e. The number of nitro groups is 1. The highest BCUT2D eigenvalue weighted by atomic mass is 16.6. The number of hydrogen-bond donors (Lipinski definition) is 1. The van der Waals surface area contributed by atoms with E-state index in [9.17, 15) is 10.1 Å². The Hall–Kier alpha value is -2.01. The van der Waals surface area contributed by atoms with Crippen LogP contribution in [0.25, 0.3) is 0 Å². The van der Waals surface area contributed by atoms with E-state index in [1.807, 2.05) is 18.2 Å². The summed E-state index contributed by atoms with van der Waals surface area (Å²) in [6, 6.07) is 6.73. The van der Waals surface area contributed by atoms with Gasteiger partial charge in [-0.25, -0.2) is 0 Å². The zero-order valence-corrected chi connectivity index (χ0v) is 11.2. The smallest absolute Gasteiger partial charge is 0.269 e. The molecule has 1 aromatic rings. The van der Waals surface area contributed by atoms with Gasteiger partial charge in [0.15, 0.2) is 0 Å². The van der Waals surface area contributed by atoms with E-state index in [4.69, 9.17) is 5.11 Å². The van der Waals surface area contributed by atoms with Crippen molar-refractivity contribution in [1.29, 1.82) is 0 Å². The maximum absolute atomic E-state index is 10.7. The molecule has 5 nitrogen and oxygen atoms in total. The number of aryl methyl sites for hydroxylation is 1. The van der Waals surface area contributed by atoms with Gasteiger partial charge in [-0.15, -0.1) is 0 Å². The van der Waals surface area contributed by atoms with Crippen molar-refractivity contribution in [3.8, 4) is 0 Å². The second kappa shape index (κ2) is 6.43. The molecule has 1 aliphatic heterocycles. The Morgan fingerprint density at radius 3 is 2.85 bits per heavy atom. The molecule has 1 aliphatic rings. The molecule has 0 amide bonds. The fourth-order valence-corrected chi connectivity index (χ4v) is 2.50. The van der Waals surface area contributed by atoms with Crippen LogP contribution in [0.2, 0.25) is 0 Å². The van der Waals surface area contributed by atoms with Gasteiger partial charge in [0.25, 0.3) is 5.69 Å². The maximum atomic E-state index is 10.7. The Labute approximate surface area is 117 Å². The van der Waals surface area contributed by atoms with Crippen molar-refractivity contribution >= 4 is 11.9 Å². The van der Waals surface area contributed by atoms with Gasteiger partial charge >= 0.3 is 0 Å². The van der Waals surface area contributed by atoms with Crippen LogP contribution in [-0.4, -0.2) is 28.4 Å². The van der Waals surface area contributed by atoms with Gasteiger partial charge in [-0.2, -0.15) is 0 Å². The Balaban J connectivity index is 1.92. The van der Waals surface area contributed by atoms with E-state index < -0.39 is 0 Å². The summed E-state index contributed by atoms with van der Waals surface area (Å²) in [5, 5.41) is 19.8. The SMILES string of the molecule is O=[N+]([O-])c1cccc(CCCC2(CCO)C=CC=N2)c1. The van der Waals surface area contributed by atoms with Crippen molar-refractivity contribution in [2.75, 3.05) is 6.61 Å². The highest BCUT2D eigenvalue weighted by molar-refractivity contribution is 5.75. The summed E-state index contributed by atoms with van der Waals surface area (Å²) in [4.78, 5) is 14.8. The van der Waals surface area contributed by atoms with Crippen molar-refractivity contribution in [2.45, 2.75) is 31.2 Å². The third kappa shape index (κ3) is 3.51. The maximum Gasteiger partial charge on any atom is 0.269 e. The van der Waals surface area contributed by atoms with Crippen LogP contribution >= 0.6 is 0 Å². The van der Waals surface area contributed by atoms with Gasteiger partial charge < -0.3 is 5.11 Å². The van der Waals surface area contributed by atoms with Gasteiger partial charge in [-0.3, -0.25) is 15.1 Å². The molecule has 2 rings (SSSR count). The third-order valence-corrected chi connectivity index (χ3v) is 3.57. The molecule has 0 aromatic heterocycles. The molecule has 5 heteroatoms. The Kier molecular flexibility index (Phi) is 4.63. The van der Waals surface area contributed by atoms with Crippen LogP contribution < -0.4 is 0 Å². The van der Waals surface area contributed by atoms with Crippen LogP contribution in [0.1, 0.15) is 24.8 Å². The van der Waals surface area contributed by atoms with E-state index in [1.165, 1.54) is 6.07 Å². The molecule has 0 spiro atoms. The molecule has 20 heavy (non-hydrogen) atoms. The highest BCUT2D eigenvalue weighted by Gasteiger charge is 2.26. The molecule has 1 heterocycles. The number of benzene rings is 1. The van der Waals surface area contributed by atoms with Crippen molar-refractivity contribution in [3.63, 3.8) is 0 Å². The molecule has 1 unspecified atom stereocenters. The van der Waals surface area contributed by atoms with Crippen molar-refractivity contribution < 1.29 is 10.0 Å². The molecule has 1 atom stereocenters. The predicted molar refractivity (Wildman–Crippen MR) is 78.1 cm³/mol. The zero-order valence-electron chi connectivity index (χ0n) is 11.2. The lowest BCUT2D eigenvalue weighted by atomic mass is 9.89. The Morgan fingerprint density at radius 1 is 1.35 bits per heavy atom. The fourth-order valence-electron chi connectivity index (χ4n) is 2.50. The van der Waals surface area contributed by atoms with Gasteiger partial charge in [-0.05, 0) is 37.3 Å². The molecule has 0 fully saturated rings. The number of aliphatic hydroxyl groups excluding tert-OH is 1. The largest absolute Gasteiger partial charge is 0.396 e. The summed E-state index contributed by atoms with van der Waals surface area (Å²) >= 11 is 0. The van der Waals surface area contributed by atoms with Gasteiger partial charge in [0, 0.05) is 25.0 Å². The Morgan fingerprint density at radius 2 is 2.20 bits per heavy atom. The third-order valence-electron chi connectivity index (χ3n) is 3.57. The lowest BCUT2D eigenvalue weighted by Crippen LogP contribution is -2.23. The van der Waals surface area contributed by atoms with E-state index in [0.29, 0.717) is 6.42 Å². The van der Waals surface area contributed by atoms with Crippen molar-refractivity contribution in [2.24, 2.45) is 4.99 Å². The normalized spacial score (nSPS) is 20.4. The predicted octanol–water partition coefficient (Wildman–Crippen LogP) is 2.68. The number of nitrogens with zero attached hydrogens (tertiary/aromatic N) is 2. The quantitative estimate of drug-likeness (QED) is 0.613. The van der Waals surface area contributed by atoms with E-state index in [-0.39, 0.29) is 22.8 Å². The second-order valence-electron chi connectivity index (χ2n) is 5.00. The molecule has 0 aliphatic carbocycles. The number of hydrogen-bond acceptors (Lipinski definition) is 4. The van der Waals surface area contributed by atoms with Crippen molar-refractivity contribution in [1.82, 2.24) is 0 Å². The molecule has 0 radical (unpaired) electrons. The number of non-ortho nitro benzene ring substituents is 1. The standard InChI is InChI=1S/C15H18N2O3/c18-11-9-15(8-3-10-16-15)7-2-5-13-4-1-6-14(12-13)17(19)20/h1,3-4,6,8,10,12,18H,2,5,7,9,11H2. The number of aliphatic hydroxyl groups is 1. The molecule has 0 saturated carbocycles. The topological polar surface area (TPSA) is 75.7 Å². The zero-order chi connectivity index (χ0) is 14.4. The van der Waals surface area contributed by atoms with Crippen LogP contribution in [0.3, 0.4) is 0 Å². The van der Waals surface area contributed by atoms with E-state index >= 15 is 0 Å². The van der Waals surface area contributed by atoms with Gasteiger partial charge in [0.05, 0.1) is 10.5 Å². The summed E-state index contributed by atoms with van der Waals surface area (Å²) in [6.45, 7) is 0.110. The molecular weight excluding hydrogens is 256 g/mol. The molecular formula is C15H18N2O3. The lowest BCUT2D eigenvalue weighted by molar-refractivity contribution is -0.384. The molecule has 1 N–H and O–H groups in total. The summed E-state index contributed by atoms with van der Waals surface area (Å²) < 4.78 is 0. The van der Waals surface area contributed by atoms with E-state index in [1.54, 1.807) is 18.3 Å². The summed E-state index contributed by atoms with van der Waals surface area (Å²) in [5.74, 6) is 0. The van der Waals surface area contributed by atoms with Crippen LogP contribution in [0.15, 0.2) is 41.4 Å². The number of rotatable bonds is 7. The first kappa shape index (κ1) is 14.4. The monoisotopic (exact) mass is 274 g/mol. The van der Waals surface area contributed by atoms with E-state index in [2.05, 4.69) is 4.99 Å². The molecule has 0 bridgehead atoms. The average molecular weight is 274 g/mol. The van der Waals surface area contributed by atoms with Crippen LogP contribution in [0.5, 0.6) is 0 Å². The molecule has 0 saturated heterocycles. The first-order valence-electron chi connectivity index (χ1n) is 6.72. The minimum atomic E-state index is -0.374. The number of allylic oxidation sites excluding steroid dienone is 1. The molecule has 106 valence electrons. The van der Waals surface area contributed by atoms with Gasteiger partial charge in [-0.1, -0.05) is 18.2 Å². The summed E-state index contributed by atoms with van der Waals surface area (Å²) in [7, 11) is 0. The van der Waals surface area contributed by atoms with Crippen LogP contribution in [-0.2, 0) is 6.42 Å². The second-order valence-corrected chi connectivity index (χ2v) is 5.00.